The molecule has 0 bridgehead atoms. The smallest absolute Gasteiger partial charge is 0.275 e. The Morgan fingerprint density at radius 1 is 1.05 bits per heavy atom. The molecule has 0 fully saturated rings. The molecule has 4 rings (SSSR count). The largest absolute Gasteiger partial charge is 0.504 e. The maximum absolute atomic E-state index is 12.2. The van der Waals surface area contributed by atoms with Crippen molar-refractivity contribution in [2.24, 2.45) is 0 Å². The van der Waals surface area contributed by atoms with Crippen LogP contribution in [-0.2, 0) is 11.2 Å². The summed E-state index contributed by atoms with van der Waals surface area (Å²) in [5, 5.41) is 9.98. The van der Waals surface area contributed by atoms with Crippen LogP contribution in [0.2, 0.25) is 0 Å². The lowest BCUT2D eigenvalue weighted by molar-refractivity contribution is -0.115. The summed E-state index contributed by atoms with van der Waals surface area (Å²) in [6, 6.07) is 1.73. The van der Waals surface area contributed by atoms with Gasteiger partial charge in [0, 0.05) is 12.0 Å². The second-order valence-electron chi connectivity index (χ2n) is 5.11. The Kier molecular flexibility index (Phi) is 2.36. The van der Waals surface area contributed by atoms with E-state index in [9.17, 15) is 9.90 Å². The van der Waals surface area contributed by atoms with Crippen LogP contribution in [0.1, 0.15) is 36.8 Å². The van der Waals surface area contributed by atoms with E-state index >= 15 is 0 Å². The summed E-state index contributed by atoms with van der Waals surface area (Å²) in [6.45, 7) is 0. The average Bonchev–Trinajstić information content (AvgIpc) is 3.03. The molecule has 0 radical (unpaired) electrons. The van der Waals surface area contributed by atoms with Crippen LogP contribution in [0.25, 0.3) is 5.57 Å². The van der Waals surface area contributed by atoms with Gasteiger partial charge in [0.25, 0.3) is 9.03 Å². The van der Waals surface area contributed by atoms with Crippen molar-refractivity contribution in [3.05, 3.63) is 22.8 Å². The molecule has 1 unspecified atom stereocenters. The maximum Gasteiger partial charge on any atom is 0.275 e. The molecule has 3 aliphatic rings. The lowest BCUT2D eigenvalue weighted by atomic mass is 9.95. The Hall–Kier alpha value is -1.54. The van der Waals surface area contributed by atoms with Gasteiger partial charge in [0.2, 0.25) is 5.75 Å². The lowest BCUT2D eigenvalue weighted by Crippen LogP contribution is -2.00. The molecule has 0 aromatic heterocycles. The molecular weight excluding hydrogens is 263 g/mol. The highest BCUT2D eigenvalue weighted by molar-refractivity contribution is 7.27. The number of allylic oxidation sites excluding steroid dienone is 2. The first kappa shape index (κ1) is 11.3. The van der Waals surface area contributed by atoms with Gasteiger partial charge in [-0.25, -0.2) is 0 Å². The number of phenols is 1. The molecule has 0 amide bonds. The number of rotatable bonds is 0. The number of hydrogen-bond acceptors (Lipinski definition) is 4. The number of Topliss-reactive ketones (excluding diaryl/α,β-unsaturated/α-hetero) is 1. The molecule has 5 heteroatoms. The van der Waals surface area contributed by atoms with Crippen molar-refractivity contribution < 1.29 is 18.9 Å². The highest BCUT2D eigenvalue weighted by Crippen LogP contribution is 2.55. The number of carbonyl (C=O) groups excluding carboxylic acids is 1. The molecule has 0 saturated carbocycles. The topological polar surface area (TPSA) is 55.8 Å². The zero-order valence-electron chi connectivity index (χ0n) is 10.3. The molecule has 0 saturated heterocycles. The van der Waals surface area contributed by atoms with Crippen molar-refractivity contribution in [3.8, 4) is 17.2 Å². The van der Waals surface area contributed by atoms with Gasteiger partial charge >= 0.3 is 0 Å². The van der Waals surface area contributed by atoms with Crippen LogP contribution in [0.4, 0.5) is 0 Å². The van der Waals surface area contributed by atoms with Gasteiger partial charge in [-0.15, -0.1) is 0 Å². The van der Waals surface area contributed by atoms with Gasteiger partial charge in [0.05, 0.1) is 0 Å². The monoisotopic (exact) mass is 276 g/mol. The standard InChI is InChI=1S/C14H13O4P/c15-10-5-4-7-6-11(16)13-14(18-19-17-13)12(7)9-3-1-2-8(9)10/h6,16,19H,1-5H2. The van der Waals surface area contributed by atoms with E-state index in [4.69, 9.17) is 9.05 Å². The van der Waals surface area contributed by atoms with Gasteiger partial charge < -0.3 is 14.2 Å². The Balaban J connectivity index is 2.02. The van der Waals surface area contributed by atoms with Gasteiger partial charge in [-0.05, 0) is 48.5 Å². The molecule has 0 spiro atoms. The zero-order chi connectivity index (χ0) is 13.0. The van der Waals surface area contributed by atoms with E-state index in [1.54, 1.807) is 6.07 Å². The number of fused-ring (bicyclic) bond motifs is 4. The molecule has 1 N–H and O–H groups in total. The normalized spacial score (nSPS) is 21.6. The van der Waals surface area contributed by atoms with Gasteiger partial charge in [-0.2, -0.15) is 0 Å². The van der Waals surface area contributed by atoms with Crippen molar-refractivity contribution in [1.82, 2.24) is 0 Å². The number of aryl methyl sites for hydroxylation is 1. The molecule has 1 aromatic rings. The number of hydrogen-bond donors (Lipinski definition) is 1. The fourth-order valence-corrected chi connectivity index (χ4v) is 3.83. The van der Waals surface area contributed by atoms with Gasteiger partial charge in [0.15, 0.2) is 17.3 Å². The molecule has 2 aliphatic carbocycles. The van der Waals surface area contributed by atoms with Gasteiger partial charge in [0.1, 0.15) is 0 Å². The summed E-state index contributed by atoms with van der Waals surface area (Å²) < 4.78 is 10.9. The first-order chi connectivity index (χ1) is 9.25. The van der Waals surface area contributed by atoms with E-state index in [-0.39, 0.29) is 20.6 Å². The van der Waals surface area contributed by atoms with Crippen LogP contribution in [0.3, 0.4) is 0 Å². The van der Waals surface area contributed by atoms with Crippen LogP contribution >= 0.6 is 9.03 Å². The SMILES string of the molecule is O=C1CCc2cc(O)c3c(c2C2=C1CCC2)OPO3. The molecule has 1 aromatic carbocycles. The van der Waals surface area contributed by atoms with E-state index in [0.29, 0.717) is 24.3 Å². The van der Waals surface area contributed by atoms with E-state index in [1.807, 2.05) is 0 Å². The zero-order valence-corrected chi connectivity index (χ0v) is 11.3. The second-order valence-corrected chi connectivity index (χ2v) is 5.68. The predicted octanol–water partition coefficient (Wildman–Crippen LogP) is 3.12. The molecule has 98 valence electrons. The molecule has 4 nitrogen and oxygen atoms in total. The number of benzene rings is 1. The van der Waals surface area contributed by atoms with Crippen LogP contribution in [-0.4, -0.2) is 10.9 Å². The summed E-state index contributed by atoms with van der Waals surface area (Å²) in [6.07, 6.45) is 3.99. The number of aromatic hydroxyl groups is 1. The van der Waals surface area contributed by atoms with Gasteiger partial charge in [-0.3, -0.25) is 4.79 Å². The van der Waals surface area contributed by atoms with Gasteiger partial charge in [-0.1, -0.05) is 0 Å². The quantitative estimate of drug-likeness (QED) is 0.740. The van der Waals surface area contributed by atoms with Crippen LogP contribution in [0, 0.1) is 0 Å². The third kappa shape index (κ3) is 1.53. The number of ketones is 1. The van der Waals surface area contributed by atoms with E-state index in [0.717, 1.165) is 41.5 Å². The third-order valence-corrected chi connectivity index (χ3v) is 4.64. The Bertz CT molecular complexity index is 633. The first-order valence-corrected chi connectivity index (χ1v) is 7.30. The Labute approximate surface area is 112 Å². The fraction of sp³-hybridized carbons (Fsp3) is 0.357. The van der Waals surface area contributed by atoms with Crippen LogP contribution < -0.4 is 9.05 Å². The van der Waals surface area contributed by atoms with E-state index < -0.39 is 0 Å². The lowest BCUT2D eigenvalue weighted by Gasteiger charge is -2.12. The van der Waals surface area contributed by atoms with Crippen LogP contribution in [0.15, 0.2) is 11.6 Å². The molecule has 1 aliphatic heterocycles. The number of phenolic OH excluding ortho intramolecular Hbond substituents is 1. The van der Waals surface area contributed by atoms with Crippen molar-refractivity contribution >= 4 is 20.4 Å². The minimum atomic E-state index is -0.108. The molecular formula is C14H13O4P. The summed E-state index contributed by atoms with van der Waals surface area (Å²) in [7, 11) is -0.108. The van der Waals surface area contributed by atoms with Crippen molar-refractivity contribution in [1.29, 1.82) is 0 Å². The average molecular weight is 276 g/mol. The van der Waals surface area contributed by atoms with Crippen molar-refractivity contribution in [2.45, 2.75) is 32.1 Å². The summed E-state index contributed by atoms with van der Waals surface area (Å²) in [4.78, 5) is 12.2. The molecule has 1 atom stereocenters. The molecule has 19 heavy (non-hydrogen) atoms. The Morgan fingerprint density at radius 3 is 2.74 bits per heavy atom. The summed E-state index contributed by atoms with van der Waals surface area (Å²) in [5.41, 5.74) is 4.09. The molecule has 1 heterocycles. The highest BCUT2D eigenvalue weighted by atomic mass is 31.1. The van der Waals surface area contributed by atoms with Crippen LogP contribution in [0.5, 0.6) is 17.2 Å². The minimum Gasteiger partial charge on any atom is -0.504 e. The van der Waals surface area contributed by atoms with Crippen molar-refractivity contribution in [2.75, 3.05) is 0 Å². The fourth-order valence-electron chi connectivity index (χ4n) is 3.23. The third-order valence-electron chi connectivity index (χ3n) is 4.06. The second kappa shape index (κ2) is 3.97. The first-order valence-electron chi connectivity index (χ1n) is 6.49. The highest BCUT2D eigenvalue weighted by Gasteiger charge is 2.33. The summed E-state index contributed by atoms with van der Waals surface area (Å²) >= 11 is 0. The minimum absolute atomic E-state index is 0.108. The van der Waals surface area contributed by atoms with E-state index in [2.05, 4.69) is 0 Å². The number of carbonyl (C=O) groups is 1. The summed E-state index contributed by atoms with van der Waals surface area (Å²) in [5.74, 6) is 1.44. The maximum atomic E-state index is 12.2. The predicted molar refractivity (Wildman–Crippen MR) is 71.8 cm³/mol. The Morgan fingerprint density at radius 2 is 1.84 bits per heavy atom. The van der Waals surface area contributed by atoms with Crippen molar-refractivity contribution in [3.63, 3.8) is 0 Å². The van der Waals surface area contributed by atoms with E-state index in [1.165, 1.54) is 0 Å².